The molecule has 1 rings (SSSR count). The number of halogens is 3. The van der Waals surface area contributed by atoms with Gasteiger partial charge in [-0.3, -0.25) is 4.89 Å². The quantitative estimate of drug-likeness (QED) is 0.466. The lowest BCUT2D eigenvalue weighted by atomic mass is 10.1. The van der Waals surface area contributed by atoms with Gasteiger partial charge in [0.25, 0.3) is 0 Å². The average Bonchev–Trinajstić information content (AvgIpc) is 2.28. The molecule has 0 N–H and O–H groups in total. The fourth-order valence-electron chi connectivity index (χ4n) is 1.05. The van der Waals surface area contributed by atoms with Gasteiger partial charge < -0.3 is 0 Å². The van der Waals surface area contributed by atoms with E-state index in [1.54, 1.807) is 6.92 Å². The fourth-order valence-corrected chi connectivity index (χ4v) is 1.05. The van der Waals surface area contributed by atoms with E-state index in [0.717, 1.165) is 18.2 Å². The van der Waals surface area contributed by atoms with Gasteiger partial charge >= 0.3 is 12.1 Å². The molecule has 3 nitrogen and oxygen atoms in total. The second-order valence-corrected chi connectivity index (χ2v) is 3.27. The second-order valence-electron chi connectivity index (χ2n) is 3.27. The van der Waals surface area contributed by atoms with Gasteiger partial charge in [0.05, 0.1) is 17.7 Å². The molecule has 0 fully saturated rings. The maximum absolute atomic E-state index is 12.4. The third-order valence-corrected chi connectivity index (χ3v) is 1.85. The van der Waals surface area contributed by atoms with Crippen molar-refractivity contribution in [2.75, 3.05) is 6.61 Å². The van der Waals surface area contributed by atoms with Gasteiger partial charge in [-0.2, -0.15) is 18.1 Å². The Labute approximate surface area is 96.1 Å². The van der Waals surface area contributed by atoms with Gasteiger partial charge in [0.2, 0.25) is 0 Å². The molecule has 0 aliphatic rings. The van der Waals surface area contributed by atoms with Crippen LogP contribution in [-0.2, 0) is 16.0 Å². The molecule has 0 bridgehead atoms. The van der Waals surface area contributed by atoms with Crippen LogP contribution >= 0.6 is 0 Å². The van der Waals surface area contributed by atoms with Crippen LogP contribution in [0.4, 0.5) is 13.2 Å². The number of hydrogen-bond acceptors (Lipinski definition) is 3. The van der Waals surface area contributed by atoms with E-state index < -0.39 is 17.7 Å². The van der Waals surface area contributed by atoms with Crippen molar-refractivity contribution in [2.24, 2.45) is 0 Å². The van der Waals surface area contributed by atoms with E-state index in [1.807, 2.05) is 0 Å². The van der Waals surface area contributed by atoms with E-state index in [4.69, 9.17) is 0 Å². The fraction of sp³-hybridized carbons (Fsp3) is 0.364. The molecular formula is C11H11F3O3. The highest BCUT2D eigenvalue weighted by atomic mass is 19.4. The van der Waals surface area contributed by atoms with Crippen LogP contribution < -0.4 is 0 Å². The maximum Gasteiger partial charge on any atom is 0.416 e. The van der Waals surface area contributed by atoms with Crippen molar-refractivity contribution < 1.29 is 27.7 Å². The Morgan fingerprint density at radius 1 is 1.35 bits per heavy atom. The van der Waals surface area contributed by atoms with Crippen molar-refractivity contribution in [1.29, 1.82) is 0 Å². The first-order valence-corrected chi connectivity index (χ1v) is 4.96. The minimum atomic E-state index is -4.49. The minimum Gasteiger partial charge on any atom is -0.293 e. The highest BCUT2D eigenvalue weighted by Gasteiger charge is 2.31. The molecule has 0 saturated heterocycles. The van der Waals surface area contributed by atoms with Gasteiger partial charge in [0, 0.05) is 0 Å². The molecule has 6 heteroatoms. The number of rotatable bonds is 4. The minimum absolute atomic E-state index is 0.198. The van der Waals surface area contributed by atoms with Crippen molar-refractivity contribution in [3.63, 3.8) is 0 Å². The smallest absolute Gasteiger partial charge is 0.293 e. The highest BCUT2D eigenvalue weighted by molar-refractivity contribution is 5.89. The Balaban J connectivity index is 2.74. The average molecular weight is 248 g/mol. The van der Waals surface area contributed by atoms with Gasteiger partial charge in [-0.05, 0) is 24.6 Å². The summed E-state index contributed by atoms with van der Waals surface area (Å²) in [5.41, 5.74) is -1.10. The van der Waals surface area contributed by atoms with E-state index in [2.05, 4.69) is 9.78 Å². The zero-order valence-electron chi connectivity index (χ0n) is 9.08. The molecule has 0 aromatic heterocycles. The molecular weight excluding hydrogens is 237 g/mol. The van der Waals surface area contributed by atoms with Gasteiger partial charge in [-0.1, -0.05) is 13.0 Å². The third kappa shape index (κ3) is 4.07. The molecule has 17 heavy (non-hydrogen) atoms. The van der Waals surface area contributed by atoms with Crippen LogP contribution in [-0.4, -0.2) is 12.6 Å². The van der Waals surface area contributed by atoms with E-state index in [0.29, 0.717) is 6.42 Å². The maximum atomic E-state index is 12.4. The van der Waals surface area contributed by atoms with Gasteiger partial charge in [-0.25, -0.2) is 4.79 Å². The Hall–Kier alpha value is -1.56. The van der Waals surface area contributed by atoms with Gasteiger partial charge in [0.15, 0.2) is 0 Å². The lowest BCUT2D eigenvalue weighted by Gasteiger charge is -2.07. The van der Waals surface area contributed by atoms with Crippen LogP contribution in [0.3, 0.4) is 0 Å². The number of benzene rings is 1. The highest BCUT2D eigenvalue weighted by Crippen LogP contribution is 2.29. The van der Waals surface area contributed by atoms with Crippen LogP contribution in [0.1, 0.15) is 29.3 Å². The Kier molecular flexibility index (Phi) is 4.51. The molecule has 0 heterocycles. The van der Waals surface area contributed by atoms with E-state index in [-0.39, 0.29) is 12.2 Å². The summed E-state index contributed by atoms with van der Waals surface area (Å²) in [6, 6.07) is 3.97. The van der Waals surface area contributed by atoms with Gasteiger partial charge in [0.1, 0.15) is 0 Å². The molecule has 0 unspecified atom stereocenters. The summed E-state index contributed by atoms with van der Waals surface area (Å²) in [6.07, 6.45) is -3.85. The van der Waals surface area contributed by atoms with Crippen molar-refractivity contribution in [2.45, 2.75) is 19.5 Å². The Morgan fingerprint density at radius 2 is 2.06 bits per heavy atom. The van der Waals surface area contributed by atoms with E-state index in [9.17, 15) is 18.0 Å². The molecule has 94 valence electrons. The first-order chi connectivity index (χ1) is 7.95. The van der Waals surface area contributed by atoms with Crippen LogP contribution in [0.15, 0.2) is 24.3 Å². The molecule has 0 radical (unpaired) electrons. The summed E-state index contributed by atoms with van der Waals surface area (Å²) in [5, 5.41) is 0. The summed E-state index contributed by atoms with van der Waals surface area (Å²) >= 11 is 0. The van der Waals surface area contributed by atoms with Crippen molar-refractivity contribution >= 4 is 5.97 Å². The van der Waals surface area contributed by atoms with Crippen molar-refractivity contribution in [3.8, 4) is 0 Å². The zero-order valence-corrected chi connectivity index (χ0v) is 9.08. The molecule has 0 saturated carbocycles. The Morgan fingerprint density at radius 3 is 2.65 bits per heavy atom. The standard InChI is InChI=1S/C11H11F3O3/c1-2-6-16-17-10(15)8-4-3-5-9(7-8)11(12,13)14/h3-5,7H,2,6H2,1H3. The molecule has 1 aromatic rings. The summed E-state index contributed by atoms with van der Waals surface area (Å²) < 4.78 is 37.1. The number of carbonyl (C=O) groups excluding carboxylic acids is 1. The largest absolute Gasteiger partial charge is 0.416 e. The first-order valence-electron chi connectivity index (χ1n) is 4.96. The second kappa shape index (κ2) is 5.67. The van der Waals surface area contributed by atoms with E-state index >= 15 is 0 Å². The van der Waals surface area contributed by atoms with Crippen molar-refractivity contribution in [3.05, 3.63) is 35.4 Å². The van der Waals surface area contributed by atoms with Crippen LogP contribution in [0.25, 0.3) is 0 Å². The molecule has 1 aromatic carbocycles. The monoisotopic (exact) mass is 248 g/mol. The van der Waals surface area contributed by atoms with Crippen LogP contribution in [0.5, 0.6) is 0 Å². The molecule has 0 spiro atoms. The SMILES string of the molecule is CCCOOC(=O)c1cccc(C(F)(F)F)c1. The zero-order chi connectivity index (χ0) is 12.9. The first kappa shape index (κ1) is 13.5. The predicted molar refractivity (Wildman–Crippen MR) is 53.1 cm³/mol. The number of carbonyl (C=O) groups is 1. The lowest BCUT2D eigenvalue weighted by Crippen LogP contribution is -2.10. The normalized spacial score (nSPS) is 11.3. The molecule has 0 atom stereocenters. The summed E-state index contributed by atoms with van der Waals surface area (Å²) in [7, 11) is 0. The van der Waals surface area contributed by atoms with E-state index in [1.165, 1.54) is 6.07 Å². The molecule has 0 amide bonds. The molecule has 0 aliphatic heterocycles. The summed E-state index contributed by atoms with van der Waals surface area (Å²) in [5.74, 6) is -0.940. The summed E-state index contributed by atoms with van der Waals surface area (Å²) in [4.78, 5) is 20.1. The summed E-state index contributed by atoms with van der Waals surface area (Å²) in [6.45, 7) is 2.00. The number of alkyl halides is 3. The number of hydrogen-bond donors (Lipinski definition) is 0. The molecule has 0 aliphatic carbocycles. The lowest BCUT2D eigenvalue weighted by molar-refractivity contribution is -0.240. The van der Waals surface area contributed by atoms with Crippen LogP contribution in [0.2, 0.25) is 0 Å². The van der Waals surface area contributed by atoms with Crippen LogP contribution in [0, 0.1) is 0 Å². The van der Waals surface area contributed by atoms with Crippen molar-refractivity contribution in [1.82, 2.24) is 0 Å². The predicted octanol–water partition coefficient (Wildman–Crippen LogP) is 3.20. The van der Waals surface area contributed by atoms with Gasteiger partial charge in [-0.15, -0.1) is 0 Å². The third-order valence-electron chi connectivity index (χ3n) is 1.85. The Bertz CT molecular complexity index is 388. The topological polar surface area (TPSA) is 35.5 Å².